The average molecular weight is 361 g/mol. The molecule has 0 aliphatic carbocycles. The second-order valence-corrected chi connectivity index (χ2v) is 8.25. The molecule has 1 aromatic rings. The van der Waals surface area contributed by atoms with Crippen LogP contribution in [0, 0.1) is 0 Å². The summed E-state index contributed by atoms with van der Waals surface area (Å²) in [6.45, 7) is 12.2. The van der Waals surface area contributed by atoms with E-state index in [9.17, 15) is 0 Å². The maximum Gasteiger partial charge on any atom is 0.494 e. The van der Waals surface area contributed by atoms with Gasteiger partial charge in [0.2, 0.25) is 0 Å². The molecule has 0 unspecified atom stereocenters. The molecule has 5 nitrogen and oxygen atoms in total. The minimum absolute atomic E-state index is 0.353. The van der Waals surface area contributed by atoms with E-state index in [0.717, 1.165) is 23.5 Å². The SMILES string of the molecule is COc1cc(B2OC(C)(C)C(C)(C)O2)ccc1OCCN1CCCCC1. The van der Waals surface area contributed by atoms with Gasteiger partial charge < -0.3 is 18.8 Å². The topological polar surface area (TPSA) is 40.2 Å². The minimum Gasteiger partial charge on any atom is -0.493 e. The number of hydrogen-bond donors (Lipinski definition) is 0. The van der Waals surface area contributed by atoms with Crippen molar-refractivity contribution in [2.75, 3.05) is 33.4 Å². The lowest BCUT2D eigenvalue weighted by Gasteiger charge is -2.32. The fourth-order valence-corrected chi connectivity index (χ4v) is 3.40. The van der Waals surface area contributed by atoms with Gasteiger partial charge in [-0.3, -0.25) is 4.90 Å². The van der Waals surface area contributed by atoms with Crippen molar-refractivity contribution < 1.29 is 18.8 Å². The first-order valence-electron chi connectivity index (χ1n) is 9.71. The van der Waals surface area contributed by atoms with Crippen molar-refractivity contribution in [1.29, 1.82) is 0 Å². The van der Waals surface area contributed by atoms with Gasteiger partial charge in [0.15, 0.2) is 11.5 Å². The summed E-state index contributed by atoms with van der Waals surface area (Å²) in [6, 6.07) is 5.91. The Labute approximate surface area is 158 Å². The first-order valence-corrected chi connectivity index (χ1v) is 9.71. The van der Waals surface area contributed by atoms with Gasteiger partial charge in [0.1, 0.15) is 6.61 Å². The zero-order chi connectivity index (χ0) is 18.8. The monoisotopic (exact) mass is 361 g/mol. The molecule has 0 N–H and O–H groups in total. The van der Waals surface area contributed by atoms with Gasteiger partial charge in [-0.1, -0.05) is 12.5 Å². The van der Waals surface area contributed by atoms with Gasteiger partial charge in [-0.05, 0) is 71.2 Å². The summed E-state index contributed by atoms with van der Waals surface area (Å²) >= 11 is 0. The number of ether oxygens (including phenoxy) is 2. The molecule has 0 radical (unpaired) electrons. The zero-order valence-corrected chi connectivity index (χ0v) is 16.8. The molecule has 3 rings (SSSR count). The van der Waals surface area contributed by atoms with Crippen molar-refractivity contribution in [1.82, 2.24) is 4.90 Å². The molecule has 26 heavy (non-hydrogen) atoms. The predicted octanol–water partition coefficient (Wildman–Crippen LogP) is 2.86. The van der Waals surface area contributed by atoms with Gasteiger partial charge in [0.25, 0.3) is 0 Å². The number of piperidine rings is 1. The first-order chi connectivity index (χ1) is 12.3. The average Bonchev–Trinajstić information content (AvgIpc) is 2.83. The molecule has 2 heterocycles. The highest BCUT2D eigenvalue weighted by molar-refractivity contribution is 6.62. The minimum atomic E-state index is -0.392. The Kier molecular flexibility index (Phi) is 5.85. The highest BCUT2D eigenvalue weighted by Crippen LogP contribution is 2.37. The molecule has 2 aliphatic heterocycles. The van der Waals surface area contributed by atoms with Crippen LogP contribution in [0.15, 0.2) is 18.2 Å². The molecule has 0 amide bonds. The Hall–Kier alpha value is -1.24. The van der Waals surface area contributed by atoms with Gasteiger partial charge in [-0.25, -0.2) is 0 Å². The van der Waals surface area contributed by atoms with E-state index in [1.807, 2.05) is 18.2 Å². The Balaban J connectivity index is 1.62. The van der Waals surface area contributed by atoms with Crippen molar-refractivity contribution in [2.45, 2.75) is 58.2 Å². The van der Waals surface area contributed by atoms with Crippen LogP contribution in [0.1, 0.15) is 47.0 Å². The van der Waals surface area contributed by atoms with E-state index in [4.69, 9.17) is 18.8 Å². The van der Waals surface area contributed by atoms with Crippen molar-refractivity contribution in [3.05, 3.63) is 18.2 Å². The maximum absolute atomic E-state index is 6.12. The fraction of sp³-hybridized carbons (Fsp3) is 0.700. The fourth-order valence-electron chi connectivity index (χ4n) is 3.40. The molecule has 0 aromatic heterocycles. The lowest BCUT2D eigenvalue weighted by molar-refractivity contribution is 0.00578. The van der Waals surface area contributed by atoms with Crippen LogP contribution in [-0.4, -0.2) is 56.6 Å². The predicted molar refractivity (Wildman–Crippen MR) is 104 cm³/mol. The van der Waals surface area contributed by atoms with Crippen LogP contribution in [0.3, 0.4) is 0 Å². The molecule has 2 saturated heterocycles. The lowest BCUT2D eigenvalue weighted by atomic mass is 9.79. The summed E-state index contributed by atoms with van der Waals surface area (Å²) in [5.74, 6) is 1.49. The quantitative estimate of drug-likeness (QED) is 0.729. The van der Waals surface area contributed by atoms with Crippen molar-refractivity contribution in [3.63, 3.8) is 0 Å². The van der Waals surface area contributed by atoms with Gasteiger partial charge in [0.05, 0.1) is 18.3 Å². The van der Waals surface area contributed by atoms with Gasteiger partial charge in [0, 0.05) is 6.54 Å². The van der Waals surface area contributed by atoms with Crippen LogP contribution in [0.2, 0.25) is 0 Å². The van der Waals surface area contributed by atoms with E-state index < -0.39 is 7.12 Å². The summed E-state index contributed by atoms with van der Waals surface area (Å²) in [6.07, 6.45) is 3.95. The first kappa shape index (κ1) is 19.5. The molecular weight excluding hydrogens is 329 g/mol. The van der Waals surface area contributed by atoms with E-state index in [1.54, 1.807) is 7.11 Å². The Morgan fingerprint density at radius 3 is 2.27 bits per heavy atom. The van der Waals surface area contributed by atoms with Crippen molar-refractivity contribution in [2.24, 2.45) is 0 Å². The normalized spacial score (nSPS) is 22.4. The number of rotatable bonds is 6. The highest BCUT2D eigenvalue weighted by Gasteiger charge is 2.51. The number of hydrogen-bond acceptors (Lipinski definition) is 5. The van der Waals surface area contributed by atoms with Crippen molar-refractivity contribution in [3.8, 4) is 11.5 Å². The van der Waals surface area contributed by atoms with E-state index in [1.165, 1.54) is 32.4 Å². The molecule has 2 aliphatic rings. The molecule has 1 aromatic carbocycles. The highest BCUT2D eigenvalue weighted by atomic mass is 16.7. The van der Waals surface area contributed by atoms with E-state index >= 15 is 0 Å². The summed E-state index contributed by atoms with van der Waals surface area (Å²) in [5.41, 5.74) is 0.243. The third-order valence-corrected chi connectivity index (χ3v) is 5.83. The number of likely N-dealkylation sites (tertiary alicyclic amines) is 1. The smallest absolute Gasteiger partial charge is 0.493 e. The summed E-state index contributed by atoms with van der Waals surface area (Å²) < 4.78 is 23.8. The van der Waals surface area contributed by atoms with E-state index in [-0.39, 0.29) is 11.2 Å². The summed E-state index contributed by atoms with van der Waals surface area (Å²) in [5, 5.41) is 0. The molecule has 0 spiro atoms. The van der Waals surface area contributed by atoms with Crippen LogP contribution in [0.25, 0.3) is 0 Å². The molecule has 2 fully saturated rings. The number of methoxy groups -OCH3 is 1. The summed E-state index contributed by atoms with van der Waals surface area (Å²) in [4.78, 5) is 2.47. The van der Waals surface area contributed by atoms with Gasteiger partial charge in [-0.2, -0.15) is 0 Å². The van der Waals surface area contributed by atoms with Crippen LogP contribution in [-0.2, 0) is 9.31 Å². The molecule has 144 valence electrons. The van der Waals surface area contributed by atoms with Crippen LogP contribution in [0.5, 0.6) is 11.5 Å². The molecule has 0 saturated carbocycles. The van der Waals surface area contributed by atoms with E-state index in [0.29, 0.717) is 6.61 Å². The standard InChI is InChI=1S/C20H32BNO4/c1-19(2)20(3,4)26-21(25-19)16-9-10-17(18(15-16)23-5)24-14-13-22-11-7-6-8-12-22/h9-10,15H,6-8,11-14H2,1-5H3. The largest absolute Gasteiger partial charge is 0.494 e. The maximum atomic E-state index is 6.12. The van der Waals surface area contributed by atoms with Crippen LogP contribution in [0.4, 0.5) is 0 Å². The third-order valence-electron chi connectivity index (χ3n) is 5.83. The van der Waals surface area contributed by atoms with E-state index in [2.05, 4.69) is 32.6 Å². The summed E-state index contributed by atoms with van der Waals surface area (Å²) in [7, 11) is 1.28. The van der Waals surface area contributed by atoms with Crippen LogP contribution < -0.4 is 14.9 Å². The Bertz CT molecular complexity index is 598. The molecular formula is C20H32BNO4. The number of benzene rings is 1. The Morgan fingerprint density at radius 2 is 1.65 bits per heavy atom. The lowest BCUT2D eigenvalue weighted by Crippen LogP contribution is -2.41. The van der Waals surface area contributed by atoms with Gasteiger partial charge >= 0.3 is 7.12 Å². The van der Waals surface area contributed by atoms with Gasteiger partial charge in [-0.15, -0.1) is 0 Å². The molecule has 0 bridgehead atoms. The van der Waals surface area contributed by atoms with Crippen molar-refractivity contribution >= 4 is 12.6 Å². The Morgan fingerprint density at radius 1 is 1.00 bits per heavy atom. The third kappa shape index (κ3) is 4.18. The van der Waals surface area contributed by atoms with Crippen LogP contribution >= 0.6 is 0 Å². The zero-order valence-electron chi connectivity index (χ0n) is 16.8. The second-order valence-electron chi connectivity index (χ2n) is 8.25. The number of nitrogens with zero attached hydrogens (tertiary/aromatic N) is 1. The molecule has 0 atom stereocenters. The second kappa shape index (κ2) is 7.79. The molecule has 6 heteroatoms.